The van der Waals surface area contributed by atoms with Crippen LogP contribution >= 0.6 is 0 Å². The van der Waals surface area contributed by atoms with Crippen LogP contribution in [-0.2, 0) is 4.79 Å². The predicted octanol–water partition coefficient (Wildman–Crippen LogP) is 3.36. The molecule has 1 unspecified atom stereocenters. The third-order valence-corrected chi connectivity index (χ3v) is 2.54. The molecule has 0 aromatic heterocycles. The molecule has 1 aromatic carbocycles. The highest BCUT2D eigenvalue weighted by molar-refractivity contribution is 5.67. The Morgan fingerprint density at radius 2 is 1.94 bits per heavy atom. The third-order valence-electron chi connectivity index (χ3n) is 2.54. The third kappa shape index (κ3) is 4.47. The lowest BCUT2D eigenvalue weighted by Crippen LogP contribution is -2.16. The molecule has 0 aliphatic carbocycles. The largest absolute Gasteiger partial charge is 0.490 e. The van der Waals surface area contributed by atoms with E-state index >= 15 is 0 Å². The first kappa shape index (κ1) is 13.6. The average Bonchev–Trinajstić information content (AvgIpc) is 2.14. The summed E-state index contributed by atoms with van der Waals surface area (Å²) in [5, 5.41) is 8.68. The molecule has 0 heterocycles. The maximum atomic E-state index is 10.6. The summed E-state index contributed by atoms with van der Waals surface area (Å²) in [5.74, 6) is 0.351. The molecule has 0 fully saturated rings. The van der Waals surface area contributed by atoms with E-state index in [1.165, 1.54) is 5.56 Å². The molecule has 17 heavy (non-hydrogen) atoms. The van der Waals surface area contributed by atoms with Gasteiger partial charge >= 0.3 is 5.97 Å². The summed E-state index contributed by atoms with van der Waals surface area (Å²) in [4.78, 5) is 10.6. The van der Waals surface area contributed by atoms with Crippen LogP contribution in [0.3, 0.4) is 0 Å². The van der Waals surface area contributed by atoms with E-state index in [9.17, 15) is 4.79 Å². The Hall–Kier alpha value is -1.51. The minimum Gasteiger partial charge on any atom is -0.490 e. The SMILES string of the molecule is Cc1cc(OC(C)CC(=O)O)cc(C(C)C)c1. The summed E-state index contributed by atoms with van der Waals surface area (Å²) < 4.78 is 5.62. The lowest BCUT2D eigenvalue weighted by molar-refractivity contribution is -0.138. The van der Waals surface area contributed by atoms with Crippen LogP contribution in [0, 0.1) is 6.92 Å². The normalized spacial score (nSPS) is 12.5. The lowest BCUT2D eigenvalue weighted by Gasteiger charge is -2.15. The number of carbonyl (C=O) groups is 1. The van der Waals surface area contributed by atoms with Crippen molar-refractivity contribution < 1.29 is 14.6 Å². The standard InChI is InChI=1S/C14H20O3/c1-9(2)12-5-10(3)6-13(8-12)17-11(4)7-14(15)16/h5-6,8-9,11H,7H2,1-4H3,(H,15,16). The van der Waals surface area contributed by atoms with E-state index in [0.717, 1.165) is 11.3 Å². The van der Waals surface area contributed by atoms with Gasteiger partial charge in [0.2, 0.25) is 0 Å². The van der Waals surface area contributed by atoms with Gasteiger partial charge in [-0.05, 0) is 43.0 Å². The van der Waals surface area contributed by atoms with Gasteiger partial charge in [0.25, 0.3) is 0 Å². The predicted molar refractivity (Wildman–Crippen MR) is 67.6 cm³/mol. The van der Waals surface area contributed by atoms with Gasteiger partial charge in [-0.1, -0.05) is 19.9 Å². The number of rotatable bonds is 5. The summed E-state index contributed by atoms with van der Waals surface area (Å²) in [7, 11) is 0. The number of benzene rings is 1. The van der Waals surface area contributed by atoms with Crippen LogP contribution in [0.4, 0.5) is 0 Å². The van der Waals surface area contributed by atoms with E-state index in [1.54, 1.807) is 6.92 Å². The van der Waals surface area contributed by atoms with Crippen LogP contribution in [0.15, 0.2) is 18.2 Å². The molecule has 0 aliphatic heterocycles. The number of ether oxygens (including phenoxy) is 1. The van der Waals surface area contributed by atoms with Crippen molar-refractivity contribution in [2.24, 2.45) is 0 Å². The van der Waals surface area contributed by atoms with Gasteiger partial charge in [0.1, 0.15) is 11.9 Å². The van der Waals surface area contributed by atoms with Gasteiger partial charge in [-0.15, -0.1) is 0 Å². The minimum atomic E-state index is -0.839. The van der Waals surface area contributed by atoms with Gasteiger partial charge in [-0.3, -0.25) is 4.79 Å². The van der Waals surface area contributed by atoms with E-state index in [1.807, 2.05) is 19.1 Å². The van der Waals surface area contributed by atoms with Crippen molar-refractivity contribution >= 4 is 5.97 Å². The molecule has 1 rings (SSSR count). The van der Waals surface area contributed by atoms with E-state index in [0.29, 0.717) is 5.92 Å². The summed E-state index contributed by atoms with van der Waals surface area (Å²) in [5.41, 5.74) is 2.34. The van der Waals surface area contributed by atoms with Crippen LogP contribution in [0.2, 0.25) is 0 Å². The molecule has 0 saturated carbocycles. The number of hydrogen-bond donors (Lipinski definition) is 1. The van der Waals surface area contributed by atoms with Crippen LogP contribution < -0.4 is 4.74 Å². The molecule has 3 heteroatoms. The zero-order valence-electron chi connectivity index (χ0n) is 10.9. The zero-order valence-corrected chi connectivity index (χ0v) is 10.9. The first-order valence-corrected chi connectivity index (χ1v) is 5.88. The van der Waals surface area contributed by atoms with Crippen molar-refractivity contribution in [2.75, 3.05) is 0 Å². The maximum Gasteiger partial charge on any atom is 0.307 e. The Balaban J connectivity index is 2.80. The van der Waals surface area contributed by atoms with Gasteiger partial charge in [-0.25, -0.2) is 0 Å². The number of aliphatic carboxylic acids is 1. The summed E-state index contributed by atoms with van der Waals surface area (Å²) >= 11 is 0. The van der Waals surface area contributed by atoms with Crippen molar-refractivity contribution in [1.29, 1.82) is 0 Å². The molecule has 0 radical (unpaired) electrons. The van der Waals surface area contributed by atoms with Crippen molar-refractivity contribution in [3.8, 4) is 5.75 Å². The molecule has 0 bridgehead atoms. The van der Waals surface area contributed by atoms with E-state index in [4.69, 9.17) is 9.84 Å². The highest BCUT2D eigenvalue weighted by atomic mass is 16.5. The summed E-state index contributed by atoms with van der Waals surface area (Å²) in [6, 6.07) is 6.04. The fourth-order valence-corrected chi connectivity index (χ4v) is 1.70. The molecule has 0 saturated heterocycles. The monoisotopic (exact) mass is 236 g/mol. The fourth-order valence-electron chi connectivity index (χ4n) is 1.70. The molecule has 0 aliphatic rings. The van der Waals surface area contributed by atoms with E-state index < -0.39 is 5.97 Å². The van der Waals surface area contributed by atoms with Gasteiger partial charge in [0, 0.05) is 0 Å². The molecule has 1 aromatic rings. The average molecular weight is 236 g/mol. The lowest BCUT2D eigenvalue weighted by atomic mass is 10.0. The second-order valence-electron chi connectivity index (χ2n) is 4.76. The molecule has 94 valence electrons. The van der Waals surface area contributed by atoms with Crippen molar-refractivity contribution in [3.63, 3.8) is 0 Å². The van der Waals surface area contributed by atoms with Crippen LogP contribution in [-0.4, -0.2) is 17.2 Å². The van der Waals surface area contributed by atoms with Crippen LogP contribution in [0.25, 0.3) is 0 Å². The maximum absolute atomic E-state index is 10.6. The quantitative estimate of drug-likeness (QED) is 0.852. The second kappa shape index (κ2) is 5.71. The van der Waals surface area contributed by atoms with E-state index in [-0.39, 0.29) is 12.5 Å². The highest BCUT2D eigenvalue weighted by Crippen LogP contribution is 2.23. The van der Waals surface area contributed by atoms with Gasteiger partial charge < -0.3 is 9.84 Å². The number of aryl methyl sites for hydroxylation is 1. The summed E-state index contributed by atoms with van der Waals surface area (Å²) in [6.45, 7) is 8.03. The van der Waals surface area contributed by atoms with Gasteiger partial charge in [0.15, 0.2) is 0 Å². The molecule has 3 nitrogen and oxygen atoms in total. The van der Waals surface area contributed by atoms with Gasteiger partial charge in [-0.2, -0.15) is 0 Å². The molecule has 1 N–H and O–H groups in total. The second-order valence-corrected chi connectivity index (χ2v) is 4.76. The van der Waals surface area contributed by atoms with Crippen molar-refractivity contribution in [1.82, 2.24) is 0 Å². The summed E-state index contributed by atoms with van der Waals surface area (Å²) in [6.07, 6.45) is -0.292. The first-order valence-electron chi connectivity index (χ1n) is 5.88. The molecular weight excluding hydrogens is 216 g/mol. The molecule has 0 spiro atoms. The Kier molecular flexibility index (Phi) is 4.55. The minimum absolute atomic E-state index is 0.0188. The van der Waals surface area contributed by atoms with Crippen molar-refractivity contribution in [3.05, 3.63) is 29.3 Å². The zero-order chi connectivity index (χ0) is 13.0. The number of carboxylic acids is 1. The molecular formula is C14H20O3. The Bertz CT molecular complexity index is 396. The Morgan fingerprint density at radius 3 is 2.47 bits per heavy atom. The van der Waals surface area contributed by atoms with Gasteiger partial charge in [0.05, 0.1) is 6.42 Å². The smallest absolute Gasteiger partial charge is 0.307 e. The topological polar surface area (TPSA) is 46.5 Å². The Morgan fingerprint density at radius 1 is 1.29 bits per heavy atom. The first-order chi connectivity index (χ1) is 7.88. The Labute approximate surface area is 102 Å². The van der Waals surface area contributed by atoms with Crippen molar-refractivity contribution in [2.45, 2.75) is 46.1 Å². The van der Waals surface area contributed by atoms with Crippen LogP contribution in [0.5, 0.6) is 5.75 Å². The fraction of sp³-hybridized carbons (Fsp3) is 0.500. The molecule has 1 atom stereocenters. The van der Waals surface area contributed by atoms with E-state index in [2.05, 4.69) is 19.9 Å². The van der Waals surface area contributed by atoms with Crippen LogP contribution in [0.1, 0.15) is 44.2 Å². The molecule has 0 amide bonds. The number of hydrogen-bond acceptors (Lipinski definition) is 2. The number of carboxylic acid groups (broad SMARTS) is 1. The highest BCUT2D eigenvalue weighted by Gasteiger charge is 2.10.